The Morgan fingerprint density at radius 3 is 2.21 bits per heavy atom. The van der Waals surface area contributed by atoms with Crippen LogP contribution in [0, 0.1) is 17.6 Å². The van der Waals surface area contributed by atoms with Gasteiger partial charge in [-0.2, -0.15) is 0 Å². The highest BCUT2D eigenvalue weighted by Crippen LogP contribution is 2.23. The fourth-order valence-electron chi connectivity index (χ4n) is 4.04. The molecule has 2 aliphatic rings. The zero-order chi connectivity index (χ0) is 20.1. The van der Waals surface area contributed by atoms with Crippen LogP contribution in [0.4, 0.5) is 14.5 Å². The van der Waals surface area contributed by atoms with Gasteiger partial charge >= 0.3 is 0 Å². The quantitative estimate of drug-likeness (QED) is 0.790. The van der Waals surface area contributed by atoms with E-state index in [2.05, 4.69) is 0 Å². The maximum Gasteiger partial charge on any atom is 0.242 e. The van der Waals surface area contributed by atoms with Crippen molar-refractivity contribution >= 4 is 17.5 Å². The van der Waals surface area contributed by atoms with Gasteiger partial charge in [0.2, 0.25) is 11.8 Å². The van der Waals surface area contributed by atoms with Gasteiger partial charge in [0.25, 0.3) is 0 Å². The Labute approximate surface area is 165 Å². The number of carbonyl (C=O) groups excluding carboxylic acids is 2. The first-order chi connectivity index (χ1) is 13.5. The summed E-state index contributed by atoms with van der Waals surface area (Å²) in [5.74, 6) is -1.64. The van der Waals surface area contributed by atoms with Gasteiger partial charge in [0.1, 0.15) is 0 Å². The number of hydrogen-bond donors (Lipinski definition) is 0. The predicted octanol–water partition coefficient (Wildman–Crippen LogP) is 3.04. The predicted molar refractivity (Wildman–Crippen MR) is 104 cm³/mol. The molecule has 0 bridgehead atoms. The van der Waals surface area contributed by atoms with Crippen LogP contribution in [-0.4, -0.2) is 61.4 Å². The van der Waals surface area contributed by atoms with Gasteiger partial charge in [-0.25, -0.2) is 8.78 Å². The van der Waals surface area contributed by atoms with Crippen molar-refractivity contribution in [2.75, 3.05) is 44.7 Å². The molecule has 154 valence electrons. The third-order valence-electron chi connectivity index (χ3n) is 5.83. The van der Waals surface area contributed by atoms with E-state index in [4.69, 9.17) is 0 Å². The number of rotatable bonds is 4. The normalized spacial score (nSPS) is 18.7. The van der Waals surface area contributed by atoms with Gasteiger partial charge in [-0.3, -0.25) is 9.59 Å². The second-order valence-electron chi connectivity index (χ2n) is 7.85. The molecule has 1 aromatic rings. The van der Waals surface area contributed by atoms with Crippen LogP contribution in [0.2, 0.25) is 0 Å². The van der Waals surface area contributed by atoms with Crippen LogP contribution in [0.25, 0.3) is 0 Å². The van der Waals surface area contributed by atoms with Crippen LogP contribution >= 0.6 is 0 Å². The van der Waals surface area contributed by atoms with E-state index in [0.29, 0.717) is 31.6 Å². The summed E-state index contributed by atoms with van der Waals surface area (Å²) in [6.07, 6.45) is 5.94. The van der Waals surface area contributed by atoms with Gasteiger partial charge in [0, 0.05) is 50.9 Å². The van der Waals surface area contributed by atoms with E-state index < -0.39 is 11.6 Å². The lowest BCUT2D eigenvalue weighted by Crippen LogP contribution is -2.47. The van der Waals surface area contributed by atoms with E-state index >= 15 is 0 Å². The molecule has 0 aromatic heterocycles. The number of benzene rings is 1. The Kier molecular flexibility index (Phi) is 6.86. The number of hydrogen-bond acceptors (Lipinski definition) is 3. The molecule has 0 N–H and O–H groups in total. The van der Waals surface area contributed by atoms with Crippen LogP contribution in [0.5, 0.6) is 0 Å². The highest BCUT2D eigenvalue weighted by atomic mass is 19.2. The molecule has 1 aromatic carbocycles. The highest BCUT2D eigenvalue weighted by Gasteiger charge is 2.30. The summed E-state index contributed by atoms with van der Waals surface area (Å²) in [5.41, 5.74) is 0.457. The number of halogens is 2. The number of anilines is 1. The summed E-state index contributed by atoms with van der Waals surface area (Å²) in [7, 11) is 1.68. The fraction of sp³-hybridized carbons (Fsp3) is 0.619. The summed E-state index contributed by atoms with van der Waals surface area (Å²) < 4.78 is 26.5. The van der Waals surface area contributed by atoms with Crippen molar-refractivity contribution in [3.05, 3.63) is 29.8 Å². The average Bonchev–Trinajstić information content (AvgIpc) is 2.99. The maximum atomic E-state index is 13.4. The fourth-order valence-corrected chi connectivity index (χ4v) is 4.04. The lowest BCUT2D eigenvalue weighted by molar-refractivity contribution is -0.140. The van der Waals surface area contributed by atoms with Gasteiger partial charge in [-0.05, 0) is 37.8 Å². The van der Waals surface area contributed by atoms with Crippen LogP contribution in [-0.2, 0) is 9.59 Å². The molecule has 2 heterocycles. The molecule has 0 radical (unpaired) electrons. The number of piperidine rings is 1. The summed E-state index contributed by atoms with van der Waals surface area (Å²) >= 11 is 0. The molecule has 7 heteroatoms. The summed E-state index contributed by atoms with van der Waals surface area (Å²) in [4.78, 5) is 30.7. The van der Waals surface area contributed by atoms with Crippen LogP contribution in [0.3, 0.4) is 0 Å². The molecule has 28 heavy (non-hydrogen) atoms. The average molecular weight is 393 g/mol. The smallest absolute Gasteiger partial charge is 0.242 e. The molecule has 2 fully saturated rings. The summed E-state index contributed by atoms with van der Waals surface area (Å²) in [6.45, 7) is 2.94. The van der Waals surface area contributed by atoms with E-state index in [-0.39, 0.29) is 24.3 Å². The van der Waals surface area contributed by atoms with Gasteiger partial charge in [-0.15, -0.1) is 0 Å². The lowest BCUT2D eigenvalue weighted by Gasteiger charge is -2.35. The molecule has 0 atom stereocenters. The maximum absolute atomic E-state index is 13.4. The molecule has 2 aliphatic heterocycles. The highest BCUT2D eigenvalue weighted by molar-refractivity contribution is 5.82. The monoisotopic (exact) mass is 393 g/mol. The standard InChI is InChI=1S/C21H29F2N3O2/c1-24(17-6-7-18(22)19(23)14-17)15-20(27)25-12-8-16(9-13-25)21(28)26-10-4-2-3-5-11-26/h6-7,14,16H,2-5,8-13,15H2,1H3. The van der Waals surface area contributed by atoms with Crippen molar-refractivity contribution in [2.24, 2.45) is 5.92 Å². The lowest BCUT2D eigenvalue weighted by atomic mass is 9.95. The Morgan fingerprint density at radius 2 is 1.61 bits per heavy atom. The second-order valence-corrected chi connectivity index (χ2v) is 7.85. The van der Waals surface area contributed by atoms with E-state index in [1.807, 2.05) is 4.90 Å². The number of likely N-dealkylation sites (tertiary alicyclic amines) is 2. The van der Waals surface area contributed by atoms with Crippen molar-refractivity contribution in [2.45, 2.75) is 38.5 Å². The first-order valence-corrected chi connectivity index (χ1v) is 10.2. The largest absolute Gasteiger partial charge is 0.365 e. The van der Waals surface area contributed by atoms with E-state index in [1.54, 1.807) is 16.8 Å². The molecule has 0 spiro atoms. The van der Waals surface area contributed by atoms with Crippen molar-refractivity contribution in [1.82, 2.24) is 9.80 Å². The Balaban J connectivity index is 1.49. The van der Waals surface area contributed by atoms with E-state index in [9.17, 15) is 18.4 Å². The molecule has 0 saturated carbocycles. The van der Waals surface area contributed by atoms with Crippen LogP contribution in [0.1, 0.15) is 38.5 Å². The number of likely N-dealkylation sites (N-methyl/N-ethyl adjacent to an activating group) is 1. The second kappa shape index (κ2) is 9.34. The number of carbonyl (C=O) groups is 2. The zero-order valence-corrected chi connectivity index (χ0v) is 16.5. The van der Waals surface area contributed by atoms with Crippen LogP contribution in [0.15, 0.2) is 18.2 Å². The number of nitrogens with zero attached hydrogens (tertiary/aromatic N) is 3. The first-order valence-electron chi connectivity index (χ1n) is 10.2. The summed E-state index contributed by atoms with van der Waals surface area (Å²) in [6, 6.07) is 3.61. The van der Waals surface area contributed by atoms with Gasteiger partial charge < -0.3 is 14.7 Å². The molecule has 0 aliphatic carbocycles. The number of amides is 2. The first kappa shape index (κ1) is 20.6. The Morgan fingerprint density at radius 1 is 0.964 bits per heavy atom. The van der Waals surface area contributed by atoms with E-state index in [0.717, 1.165) is 38.1 Å². The zero-order valence-electron chi connectivity index (χ0n) is 16.5. The molecule has 5 nitrogen and oxygen atoms in total. The Bertz CT molecular complexity index is 697. The Hall–Kier alpha value is -2.18. The van der Waals surface area contributed by atoms with Gasteiger partial charge in [0.15, 0.2) is 11.6 Å². The summed E-state index contributed by atoms with van der Waals surface area (Å²) in [5, 5.41) is 0. The van der Waals surface area contributed by atoms with Crippen LogP contribution < -0.4 is 4.90 Å². The van der Waals surface area contributed by atoms with Gasteiger partial charge in [-0.1, -0.05) is 12.8 Å². The minimum Gasteiger partial charge on any atom is -0.365 e. The molecule has 3 rings (SSSR count). The van der Waals surface area contributed by atoms with Crippen molar-refractivity contribution in [1.29, 1.82) is 0 Å². The SMILES string of the molecule is CN(CC(=O)N1CCC(C(=O)N2CCCCCC2)CC1)c1ccc(F)c(F)c1. The van der Waals surface area contributed by atoms with Crippen molar-refractivity contribution in [3.63, 3.8) is 0 Å². The minimum absolute atomic E-state index is 0.00562. The molecule has 2 amide bonds. The van der Waals surface area contributed by atoms with Crippen molar-refractivity contribution in [3.8, 4) is 0 Å². The topological polar surface area (TPSA) is 43.9 Å². The molecule has 0 unspecified atom stereocenters. The van der Waals surface area contributed by atoms with Gasteiger partial charge in [0.05, 0.1) is 6.54 Å². The third-order valence-corrected chi connectivity index (χ3v) is 5.83. The van der Waals surface area contributed by atoms with Crippen molar-refractivity contribution < 1.29 is 18.4 Å². The third kappa shape index (κ3) is 5.00. The minimum atomic E-state index is -0.926. The molecular formula is C21H29F2N3O2. The van der Waals surface area contributed by atoms with E-state index in [1.165, 1.54) is 18.9 Å². The molecule has 2 saturated heterocycles. The molecular weight excluding hydrogens is 364 g/mol.